The molecule has 0 N–H and O–H groups in total. The van der Waals surface area contributed by atoms with E-state index in [4.69, 9.17) is 0 Å². The lowest BCUT2D eigenvalue weighted by Crippen LogP contribution is -2.49. The van der Waals surface area contributed by atoms with Crippen LogP contribution in [-0.4, -0.2) is 12.0 Å². The van der Waals surface area contributed by atoms with Gasteiger partial charge in [-0.2, -0.15) is 13.2 Å². The van der Waals surface area contributed by atoms with Gasteiger partial charge >= 0.3 is 6.18 Å². The normalized spacial score (nSPS) is 50.2. The number of ketones is 1. The maximum atomic E-state index is 13.1. The van der Waals surface area contributed by atoms with E-state index >= 15 is 0 Å². The topological polar surface area (TPSA) is 17.1 Å². The molecule has 4 fully saturated rings. The molecule has 0 amide bonds. The summed E-state index contributed by atoms with van der Waals surface area (Å²) in [5, 5.41) is 0. The van der Waals surface area contributed by atoms with E-state index in [2.05, 4.69) is 6.92 Å². The zero-order chi connectivity index (χ0) is 16.4. The molecule has 4 aliphatic carbocycles. The molecule has 0 aromatic heterocycles. The third kappa shape index (κ3) is 2.38. The Balaban J connectivity index is 1.52. The number of carbonyl (C=O) groups excluding carboxylic acids is 1. The van der Waals surface area contributed by atoms with Gasteiger partial charge in [0.15, 0.2) is 0 Å². The first-order valence-corrected chi connectivity index (χ1v) is 9.40. The molecular weight excluding hydrogens is 301 g/mol. The standard InChI is InChI=1S/C19H27F3O/c1-18-9-8-14-13-5-3-12(19(20,21)22)10-11(13)2-4-15(14)16(18)6-7-17(18)23/h11-16H,2-10H2,1H3/t11-,12?,13+,14?,15-,16?,18+/m1/s1. The van der Waals surface area contributed by atoms with Gasteiger partial charge in [0.1, 0.15) is 5.78 Å². The van der Waals surface area contributed by atoms with Crippen LogP contribution < -0.4 is 0 Å². The van der Waals surface area contributed by atoms with E-state index in [9.17, 15) is 18.0 Å². The van der Waals surface area contributed by atoms with Crippen molar-refractivity contribution in [2.45, 2.75) is 70.9 Å². The van der Waals surface area contributed by atoms with Gasteiger partial charge in [0.2, 0.25) is 0 Å². The van der Waals surface area contributed by atoms with Gasteiger partial charge in [-0.25, -0.2) is 0 Å². The highest BCUT2D eigenvalue weighted by Gasteiger charge is 2.57. The first kappa shape index (κ1) is 16.0. The second-order valence-electron chi connectivity index (χ2n) is 8.91. The lowest BCUT2D eigenvalue weighted by molar-refractivity contribution is -0.195. The van der Waals surface area contributed by atoms with Gasteiger partial charge in [-0.05, 0) is 81.0 Å². The van der Waals surface area contributed by atoms with Crippen LogP contribution in [-0.2, 0) is 4.79 Å². The monoisotopic (exact) mass is 328 g/mol. The van der Waals surface area contributed by atoms with E-state index in [0.717, 1.165) is 44.9 Å². The molecular formula is C19H27F3O. The Morgan fingerprint density at radius 2 is 1.70 bits per heavy atom. The molecule has 0 aromatic carbocycles. The van der Waals surface area contributed by atoms with Crippen molar-refractivity contribution < 1.29 is 18.0 Å². The second-order valence-corrected chi connectivity index (χ2v) is 8.91. The van der Waals surface area contributed by atoms with Gasteiger partial charge in [-0.1, -0.05) is 6.92 Å². The fraction of sp³-hybridized carbons (Fsp3) is 0.947. The van der Waals surface area contributed by atoms with E-state index < -0.39 is 12.1 Å². The SMILES string of the molecule is C[C@]12CCC3[C@@H](CC[C@@H]4CC(C(F)(F)F)CC[C@H]34)C1CCC2=O. The average Bonchev–Trinajstić information content (AvgIpc) is 2.81. The van der Waals surface area contributed by atoms with E-state index in [1.807, 2.05) is 0 Å². The Hall–Kier alpha value is -0.540. The lowest BCUT2D eigenvalue weighted by atomic mass is 9.50. The lowest BCUT2D eigenvalue weighted by Gasteiger charge is -2.55. The number of Topliss-reactive ketones (excluding diaryl/α,β-unsaturated/α-hetero) is 1. The van der Waals surface area contributed by atoms with Gasteiger partial charge in [-0.3, -0.25) is 4.79 Å². The van der Waals surface area contributed by atoms with Crippen molar-refractivity contribution in [2.24, 2.45) is 40.9 Å². The smallest absolute Gasteiger partial charge is 0.299 e. The van der Waals surface area contributed by atoms with Crippen molar-refractivity contribution in [3.8, 4) is 0 Å². The van der Waals surface area contributed by atoms with Crippen molar-refractivity contribution in [3.05, 3.63) is 0 Å². The Morgan fingerprint density at radius 1 is 0.957 bits per heavy atom. The van der Waals surface area contributed by atoms with Crippen LogP contribution in [0.2, 0.25) is 0 Å². The molecule has 0 bridgehead atoms. The zero-order valence-electron chi connectivity index (χ0n) is 13.9. The predicted octanol–water partition coefficient (Wildman–Crippen LogP) is 5.39. The summed E-state index contributed by atoms with van der Waals surface area (Å²) in [4.78, 5) is 12.3. The Bertz CT molecular complexity index is 499. The summed E-state index contributed by atoms with van der Waals surface area (Å²) in [6.07, 6.45) is 3.26. The third-order valence-corrected chi connectivity index (χ3v) is 8.13. The molecule has 3 unspecified atom stereocenters. The molecule has 4 rings (SSSR count). The zero-order valence-corrected chi connectivity index (χ0v) is 13.9. The number of carbonyl (C=O) groups is 1. The van der Waals surface area contributed by atoms with Crippen LogP contribution in [0.5, 0.6) is 0 Å². The fourth-order valence-electron chi connectivity index (χ4n) is 6.92. The summed E-state index contributed by atoms with van der Waals surface area (Å²) < 4.78 is 39.2. The highest BCUT2D eigenvalue weighted by Crippen LogP contribution is 2.62. The van der Waals surface area contributed by atoms with E-state index in [1.165, 1.54) is 0 Å². The first-order chi connectivity index (χ1) is 10.8. The average molecular weight is 328 g/mol. The number of hydrogen-bond donors (Lipinski definition) is 0. The number of rotatable bonds is 0. The maximum Gasteiger partial charge on any atom is 0.391 e. The van der Waals surface area contributed by atoms with Crippen LogP contribution in [0.25, 0.3) is 0 Å². The maximum absolute atomic E-state index is 13.1. The minimum atomic E-state index is -4.01. The molecule has 0 heterocycles. The molecule has 7 atom stereocenters. The Morgan fingerprint density at radius 3 is 2.43 bits per heavy atom. The van der Waals surface area contributed by atoms with E-state index in [-0.39, 0.29) is 11.3 Å². The number of halogens is 3. The largest absolute Gasteiger partial charge is 0.391 e. The summed E-state index contributed by atoms with van der Waals surface area (Å²) in [6.45, 7) is 2.16. The van der Waals surface area contributed by atoms with Crippen molar-refractivity contribution >= 4 is 5.78 Å². The molecule has 0 aliphatic heterocycles. The van der Waals surface area contributed by atoms with Crippen LogP contribution >= 0.6 is 0 Å². The van der Waals surface area contributed by atoms with Crippen LogP contribution in [0.4, 0.5) is 13.2 Å². The van der Waals surface area contributed by atoms with Crippen LogP contribution in [0, 0.1) is 40.9 Å². The highest BCUT2D eigenvalue weighted by molar-refractivity contribution is 5.87. The quantitative estimate of drug-likeness (QED) is 0.583. The molecule has 0 aromatic rings. The molecule has 4 saturated carbocycles. The van der Waals surface area contributed by atoms with Crippen LogP contribution in [0.15, 0.2) is 0 Å². The second kappa shape index (κ2) is 5.23. The van der Waals surface area contributed by atoms with Crippen molar-refractivity contribution in [1.29, 1.82) is 0 Å². The molecule has 130 valence electrons. The fourth-order valence-corrected chi connectivity index (χ4v) is 6.92. The molecule has 0 spiro atoms. The van der Waals surface area contributed by atoms with Crippen LogP contribution in [0.1, 0.15) is 64.7 Å². The summed E-state index contributed by atoms with van der Waals surface area (Å²) in [5.74, 6) is 1.85. The summed E-state index contributed by atoms with van der Waals surface area (Å²) in [7, 11) is 0. The van der Waals surface area contributed by atoms with Gasteiger partial charge < -0.3 is 0 Å². The minimum absolute atomic E-state index is 0.114. The van der Waals surface area contributed by atoms with Crippen molar-refractivity contribution in [2.75, 3.05) is 0 Å². The molecule has 0 saturated heterocycles. The number of alkyl halides is 3. The minimum Gasteiger partial charge on any atom is -0.299 e. The van der Waals surface area contributed by atoms with Gasteiger partial charge in [0.25, 0.3) is 0 Å². The van der Waals surface area contributed by atoms with Crippen molar-refractivity contribution in [3.63, 3.8) is 0 Å². The first-order valence-electron chi connectivity index (χ1n) is 9.40. The van der Waals surface area contributed by atoms with Crippen molar-refractivity contribution in [1.82, 2.24) is 0 Å². The highest BCUT2D eigenvalue weighted by atomic mass is 19.4. The Labute approximate surface area is 136 Å². The van der Waals surface area contributed by atoms with E-state index in [0.29, 0.717) is 42.3 Å². The third-order valence-electron chi connectivity index (χ3n) is 8.13. The molecule has 23 heavy (non-hydrogen) atoms. The molecule has 4 aliphatic rings. The van der Waals surface area contributed by atoms with Gasteiger partial charge in [0.05, 0.1) is 5.92 Å². The Kier molecular flexibility index (Phi) is 3.63. The molecule has 1 nitrogen and oxygen atoms in total. The molecule has 4 heteroatoms. The number of hydrogen-bond acceptors (Lipinski definition) is 1. The van der Waals surface area contributed by atoms with Gasteiger partial charge in [0, 0.05) is 11.8 Å². The summed E-state index contributed by atoms with van der Waals surface area (Å²) >= 11 is 0. The predicted molar refractivity (Wildman–Crippen MR) is 81.7 cm³/mol. The summed E-state index contributed by atoms with van der Waals surface area (Å²) in [5.41, 5.74) is -0.114. The summed E-state index contributed by atoms with van der Waals surface area (Å²) in [6, 6.07) is 0. The molecule has 0 radical (unpaired) electrons. The van der Waals surface area contributed by atoms with E-state index in [1.54, 1.807) is 0 Å². The number of fused-ring (bicyclic) bond motifs is 5. The van der Waals surface area contributed by atoms with Crippen LogP contribution in [0.3, 0.4) is 0 Å². The van der Waals surface area contributed by atoms with Gasteiger partial charge in [-0.15, -0.1) is 0 Å².